The Kier molecular flexibility index (Phi) is 7.27. The number of rotatable bonds is 4. The molecule has 0 aliphatic carbocycles. The second-order valence-electron chi connectivity index (χ2n) is 2.20. The topological polar surface area (TPSA) is 80.7 Å². The van der Waals surface area contributed by atoms with Gasteiger partial charge in [0.1, 0.15) is 12.4 Å². The quantitative estimate of drug-likeness (QED) is 0.290. The summed E-state index contributed by atoms with van der Waals surface area (Å²) >= 11 is 0. The maximum absolute atomic E-state index is 10.6. The molecule has 1 radical (unpaired) electrons. The van der Waals surface area contributed by atoms with E-state index in [0.29, 0.717) is 0 Å². The molecule has 0 spiro atoms. The van der Waals surface area contributed by atoms with E-state index in [-0.39, 0.29) is 31.0 Å². The van der Waals surface area contributed by atoms with Crippen LogP contribution in [0.1, 0.15) is 6.92 Å². The van der Waals surface area contributed by atoms with Crippen LogP contribution in [0, 0.1) is 0 Å². The molecule has 0 unspecified atom stereocenters. The fourth-order valence-electron chi connectivity index (χ4n) is 0.363. The van der Waals surface area contributed by atoms with Gasteiger partial charge in [-0.1, -0.05) is 6.58 Å². The molecule has 0 fully saturated rings. The Morgan fingerprint density at radius 1 is 1.54 bits per heavy atom. The molecule has 0 rings (SSSR count). The summed E-state index contributed by atoms with van der Waals surface area (Å²) in [4.78, 5) is 10.6. The van der Waals surface area contributed by atoms with Crippen molar-refractivity contribution >= 4 is 34.9 Å². The van der Waals surface area contributed by atoms with Crippen molar-refractivity contribution in [2.24, 2.45) is 0 Å². The van der Waals surface area contributed by atoms with Gasteiger partial charge in [0.15, 0.2) is 0 Å². The van der Waals surface area contributed by atoms with E-state index in [4.69, 9.17) is 4.55 Å². The van der Waals surface area contributed by atoms with Crippen molar-refractivity contribution in [1.82, 2.24) is 0 Å². The molecule has 71 valence electrons. The Balaban J connectivity index is 0. The Morgan fingerprint density at radius 3 is 2.31 bits per heavy atom. The van der Waals surface area contributed by atoms with E-state index < -0.39 is 21.8 Å². The molecule has 0 atom stereocenters. The molecule has 0 aromatic carbocycles. The summed E-state index contributed by atoms with van der Waals surface area (Å²) in [6, 6.07) is 0. The SMILES string of the molecule is C=C(C)C(=O)OCCS(=O)(=O)O.[Li]. The van der Waals surface area contributed by atoms with E-state index >= 15 is 0 Å². The summed E-state index contributed by atoms with van der Waals surface area (Å²) in [6.45, 7) is 4.37. The predicted octanol–water partition coefficient (Wildman–Crippen LogP) is -0.387. The Hall–Kier alpha value is -0.283. The fourth-order valence-corrected chi connectivity index (χ4v) is 0.657. The average Bonchev–Trinajstić information content (AvgIpc) is 1.84. The molecular formula is C6H10LiO5S. The van der Waals surface area contributed by atoms with Crippen LogP contribution in [0.4, 0.5) is 0 Å². The van der Waals surface area contributed by atoms with Crippen LogP contribution < -0.4 is 0 Å². The first-order valence-corrected chi connectivity index (χ1v) is 4.71. The first-order chi connectivity index (χ1) is 5.33. The van der Waals surface area contributed by atoms with Crippen LogP contribution >= 0.6 is 0 Å². The van der Waals surface area contributed by atoms with Gasteiger partial charge in [-0.15, -0.1) is 0 Å². The van der Waals surface area contributed by atoms with Gasteiger partial charge in [0.05, 0.1) is 0 Å². The van der Waals surface area contributed by atoms with Gasteiger partial charge in [-0.3, -0.25) is 4.55 Å². The third kappa shape index (κ3) is 9.63. The summed E-state index contributed by atoms with van der Waals surface area (Å²) in [5.74, 6) is -1.26. The number of hydrogen-bond acceptors (Lipinski definition) is 4. The smallest absolute Gasteiger partial charge is 0.333 e. The molecular weight excluding hydrogens is 191 g/mol. The summed E-state index contributed by atoms with van der Waals surface area (Å²) in [7, 11) is -4.05. The van der Waals surface area contributed by atoms with Crippen LogP contribution in [-0.2, 0) is 19.6 Å². The molecule has 0 bridgehead atoms. The van der Waals surface area contributed by atoms with Gasteiger partial charge in [-0.2, -0.15) is 8.42 Å². The summed E-state index contributed by atoms with van der Waals surface area (Å²) in [5, 5.41) is 0. The maximum atomic E-state index is 10.6. The number of hydrogen-bond donors (Lipinski definition) is 1. The van der Waals surface area contributed by atoms with E-state index in [1.807, 2.05) is 0 Å². The van der Waals surface area contributed by atoms with Gasteiger partial charge in [0.2, 0.25) is 0 Å². The van der Waals surface area contributed by atoms with Crippen molar-refractivity contribution in [3.8, 4) is 0 Å². The second kappa shape index (κ2) is 6.21. The molecule has 13 heavy (non-hydrogen) atoms. The first kappa shape index (κ1) is 15.2. The molecule has 0 aliphatic rings. The number of esters is 1. The molecule has 7 heteroatoms. The van der Waals surface area contributed by atoms with Gasteiger partial charge in [-0.05, 0) is 6.92 Å². The van der Waals surface area contributed by atoms with Gasteiger partial charge >= 0.3 is 5.97 Å². The minimum absolute atomic E-state index is 0. The van der Waals surface area contributed by atoms with Gasteiger partial charge < -0.3 is 4.74 Å². The second-order valence-corrected chi connectivity index (χ2v) is 3.77. The molecule has 0 aromatic rings. The van der Waals surface area contributed by atoms with E-state index in [1.54, 1.807) is 0 Å². The summed E-state index contributed by atoms with van der Waals surface area (Å²) < 4.78 is 32.9. The van der Waals surface area contributed by atoms with Crippen molar-refractivity contribution in [1.29, 1.82) is 0 Å². The molecule has 0 aromatic heterocycles. The fraction of sp³-hybridized carbons (Fsp3) is 0.500. The monoisotopic (exact) mass is 201 g/mol. The molecule has 0 aliphatic heterocycles. The van der Waals surface area contributed by atoms with Gasteiger partial charge in [0.25, 0.3) is 10.1 Å². The summed E-state index contributed by atoms with van der Waals surface area (Å²) in [5.41, 5.74) is 0.185. The van der Waals surface area contributed by atoms with Gasteiger partial charge in [-0.25, -0.2) is 4.79 Å². The van der Waals surface area contributed by atoms with Crippen LogP contribution in [0.15, 0.2) is 12.2 Å². The minimum Gasteiger partial charge on any atom is -0.461 e. The van der Waals surface area contributed by atoms with Crippen molar-refractivity contribution in [2.45, 2.75) is 6.92 Å². The normalized spacial score (nSPS) is 10.0. The zero-order valence-electron chi connectivity index (χ0n) is 7.61. The van der Waals surface area contributed by atoms with Crippen LogP contribution in [0.25, 0.3) is 0 Å². The Bertz CT molecular complexity index is 281. The molecule has 0 amide bonds. The van der Waals surface area contributed by atoms with Crippen LogP contribution in [0.3, 0.4) is 0 Å². The number of ether oxygens (including phenoxy) is 1. The molecule has 0 heterocycles. The molecule has 0 saturated heterocycles. The number of carbonyl (C=O) groups excluding carboxylic acids is 1. The largest absolute Gasteiger partial charge is 0.461 e. The van der Waals surface area contributed by atoms with Crippen LogP contribution in [0.2, 0.25) is 0 Å². The predicted molar refractivity (Wildman–Crippen MR) is 47.9 cm³/mol. The van der Waals surface area contributed by atoms with Crippen molar-refractivity contribution in [2.75, 3.05) is 12.4 Å². The summed E-state index contributed by atoms with van der Waals surface area (Å²) in [6.07, 6.45) is 0. The average molecular weight is 201 g/mol. The van der Waals surface area contributed by atoms with E-state index in [9.17, 15) is 13.2 Å². The van der Waals surface area contributed by atoms with E-state index in [0.717, 1.165) is 0 Å². The van der Waals surface area contributed by atoms with Gasteiger partial charge in [0, 0.05) is 24.4 Å². The zero-order chi connectivity index (χ0) is 9.78. The van der Waals surface area contributed by atoms with E-state index in [2.05, 4.69) is 11.3 Å². The first-order valence-electron chi connectivity index (χ1n) is 3.11. The molecule has 1 N–H and O–H groups in total. The number of carbonyl (C=O) groups is 1. The van der Waals surface area contributed by atoms with Crippen molar-refractivity contribution < 1.29 is 22.5 Å². The Morgan fingerprint density at radius 2 is 2.00 bits per heavy atom. The molecule has 0 saturated carbocycles. The van der Waals surface area contributed by atoms with Crippen LogP contribution in [0.5, 0.6) is 0 Å². The molecule has 5 nitrogen and oxygen atoms in total. The standard InChI is InChI=1S/C6H10O5S.Li/c1-5(2)6(7)11-3-4-12(8,9)10;/h1,3-4H2,2H3,(H,8,9,10);. The van der Waals surface area contributed by atoms with E-state index in [1.165, 1.54) is 6.92 Å². The third-order valence-corrected chi connectivity index (χ3v) is 1.61. The van der Waals surface area contributed by atoms with Crippen molar-refractivity contribution in [3.63, 3.8) is 0 Å². The zero-order valence-corrected chi connectivity index (χ0v) is 8.43. The maximum Gasteiger partial charge on any atom is 0.333 e. The third-order valence-electron chi connectivity index (χ3n) is 0.923. The van der Waals surface area contributed by atoms with Crippen molar-refractivity contribution in [3.05, 3.63) is 12.2 Å². The Labute approximate surface area is 89.1 Å². The van der Waals surface area contributed by atoms with Crippen LogP contribution in [-0.4, -0.2) is 50.2 Å². The minimum atomic E-state index is -4.05.